The monoisotopic (exact) mass is 1690 g/mol. The molecule has 0 unspecified atom stereocenters. The van der Waals surface area contributed by atoms with Crippen molar-refractivity contribution >= 4 is 18.2 Å². The molecule has 0 aromatic carbocycles. The second-order valence-corrected chi connectivity index (χ2v) is 36.3. The van der Waals surface area contributed by atoms with Gasteiger partial charge in [0.2, 0.25) is 6.29 Å². The average Bonchev–Trinajstić information content (AvgIpc) is 0.672. The van der Waals surface area contributed by atoms with Gasteiger partial charge in [-0.05, 0) is 117 Å². The van der Waals surface area contributed by atoms with Crippen LogP contribution >= 0.6 is 0 Å². The van der Waals surface area contributed by atoms with Crippen LogP contribution in [0.25, 0.3) is 0 Å². The summed E-state index contributed by atoms with van der Waals surface area (Å²) in [6.07, 6.45) is -68.5. The molecule has 13 aliphatic rings. The number of carboxylic acids is 1. The summed E-state index contributed by atoms with van der Waals surface area (Å²) in [5.74, 6) is -3.86. The number of rotatable bonds is 21. The Labute approximate surface area is 672 Å². The number of aliphatic carboxylic acids is 1. The molecule has 13 rings (SSSR count). The number of hydrogen-bond acceptors (Lipinski definition) is 40. The van der Waals surface area contributed by atoms with Gasteiger partial charge >= 0.3 is 11.9 Å². The highest BCUT2D eigenvalue weighted by Gasteiger charge is 2.72. The van der Waals surface area contributed by atoms with Gasteiger partial charge in [0.15, 0.2) is 56.2 Å². The van der Waals surface area contributed by atoms with Crippen LogP contribution in [0.1, 0.15) is 120 Å². The van der Waals surface area contributed by atoms with Crippen LogP contribution in [0.4, 0.5) is 0 Å². The third-order valence-corrected chi connectivity index (χ3v) is 29.0. The SMILES string of the molecule is C[C@@H]1O[C@@H](OC(=O)[C@@]23CCC(C)(C)C[C@@H]2C2=CC[C@@H]4[C@]5(C)CC[C@H](O[C@H]6O[C@@H](C(=O)O)[C@@H](O[C@H]7O[C@@H](CO)[C@H](O)[C@@H](O)[C@@H]7O)[C@H](O[C@@H]7O[C@@H](CO)[C@H](O)[C@@H](O)[C@H]7O[C@H]7OC[C@H](O)[C@@H](O)[C@@H]7O)[C@H]6O[C@H]6OC[C@@H](O)[C@@H](O)[C@H]6O)[C@@](C)(C=O)[C@H]5CC[C@@]4(C)[C@]2(C)CC3)[C@@H](O[C@@H]2O[C@H](C)[C@H](O)[C@@H](O)[C@@H]2O[C@H]2O[C@@H](CO)[C@@H](O)[C@H](O)[C@H]2O)[C@H](O)[C@@H]1O. The molecule has 12 fully saturated rings. The fraction of sp³-hybridized carbons (Fsp3) is 0.934. The minimum atomic E-state index is -2.45. The highest BCUT2D eigenvalue weighted by Crippen LogP contribution is 2.76. The van der Waals surface area contributed by atoms with E-state index in [1.807, 2.05) is 0 Å². The number of carboxylic acid groups (broad SMARTS) is 1. The molecule has 0 radical (unpaired) electrons. The first kappa shape index (κ1) is 91.6. The molecule has 0 amide bonds. The Morgan fingerprint density at radius 2 is 0.872 bits per heavy atom. The van der Waals surface area contributed by atoms with Crippen molar-refractivity contribution in [2.75, 3.05) is 33.0 Å². The van der Waals surface area contributed by atoms with Crippen molar-refractivity contribution < 1.29 is 203 Å². The largest absolute Gasteiger partial charge is 0.479 e. The molecule has 0 spiro atoms. The molecule has 8 heterocycles. The number of fused-ring (bicyclic) bond motifs is 7. The van der Waals surface area contributed by atoms with E-state index in [-0.39, 0.29) is 24.2 Å². The van der Waals surface area contributed by atoms with Gasteiger partial charge in [0.25, 0.3) is 0 Å². The molecule has 41 nitrogen and oxygen atoms in total. The van der Waals surface area contributed by atoms with Gasteiger partial charge in [-0.25, -0.2) is 4.79 Å². The van der Waals surface area contributed by atoms with Crippen molar-refractivity contribution in [1.82, 2.24) is 0 Å². The molecule has 0 aromatic rings. The Balaban J connectivity index is 0.808. The lowest BCUT2D eigenvalue weighted by atomic mass is 9.33. The lowest BCUT2D eigenvalue weighted by Crippen LogP contribution is -2.70. The molecule has 8 aliphatic heterocycles. The van der Waals surface area contributed by atoms with Crippen LogP contribution in [-0.4, -0.2) is 403 Å². The quantitative estimate of drug-likeness (QED) is 0.0220. The van der Waals surface area contributed by atoms with E-state index >= 15 is 4.79 Å². The predicted octanol–water partition coefficient (Wildman–Crippen LogP) is -8.13. The molecule has 8 saturated heterocycles. The molecule has 47 atom stereocenters. The standard InChI is InChI=1S/C76H120O41/c1-26-38(83)47(92)54(111-64-52(97)45(90)42(87)32(20-77)106-64)66(104-26)112-55-48(93)39(84)27(2)105-67(55)117-70(101)76-17-15-71(3,4)19-29(76)28-9-10-36-72(5)13-12-37(73(6,25-80)35(72)11-14-75(36,8)74(28,7)16-18-76)109-69-60(116-63-51(96)41(86)31(82)24-103-63)58(57(59(115-69)61(99)100)113-65-53(98)46(91)43(88)33(21-78)107-65)114-68-56(49(94)44(89)34(22-79)108-68)110-62-50(95)40(85)30(81)23-102-62/h9,25-27,29-60,62-69,77-79,81-98H,10-24H2,1-8H3,(H,99,100)/t26-,27+,29-,30+,31-,32+,33+,34+,35+,36-,37+,38+,39-,40-,41-,42-,43+,44+,45+,46-,47-,48-,49-,50+,51-,52-,53+,54+,55+,56-,57+,58+,59-,60-,62-,63-,64-,65-,66+,67+,68+,69+,72-,73+,74-,75-,76-/m1/s1. The van der Waals surface area contributed by atoms with Gasteiger partial charge < -0.3 is 193 Å². The van der Waals surface area contributed by atoms with E-state index in [4.69, 9.17) is 75.8 Å². The zero-order chi connectivity index (χ0) is 85.3. The maximum absolute atomic E-state index is 15.9. The summed E-state index contributed by atoms with van der Waals surface area (Å²) in [6.45, 7) is 11.0. The first-order chi connectivity index (χ1) is 55.0. The van der Waals surface area contributed by atoms with E-state index in [1.165, 1.54) is 13.8 Å². The van der Waals surface area contributed by atoms with Gasteiger partial charge in [-0.15, -0.1) is 0 Å². The van der Waals surface area contributed by atoms with Gasteiger partial charge in [0.05, 0.1) is 62.2 Å². The van der Waals surface area contributed by atoms with Crippen molar-refractivity contribution in [1.29, 1.82) is 0 Å². The van der Waals surface area contributed by atoms with E-state index in [9.17, 15) is 122 Å². The second-order valence-electron chi connectivity index (χ2n) is 36.3. The van der Waals surface area contributed by atoms with Gasteiger partial charge in [0.1, 0.15) is 165 Å². The van der Waals surface area contributed by atoms with Gasteiger partial charge in [-0.3, -0.25) is 4.79 Å². The second kappa shape index (κ2) is 35.0. The molecule has 22 N–H and O–H groups in total. The summed E-state index contributed by atoms with van der Waals surface area (Å²) >= 11 is 0. The molecule has 5 aliphatic carbocycles. The van der Waals surface area contributed by atoms with E-state index in [0.717, 1.165) is 11.9 Å². The molecule has 41 heteroatoms. The highest BCUT2D eigenvalue weighted by atomic mass is 16.8. The third kappa shape index (κ3) is 16.2. The Morgan fingerprint density at radius 1 is 0.436 bits per heavy atom. The van der Waals surface area contributed by atoms with Crippen LogP contribution in [0.3, 0.4) is 0 Å². The summed E-state index contributed by atoms with van der Waals surface area (Å²) in [5.41, 5.74) is -4.13. The number of hydrogen-bond donors (Lipinski definition) is 22. The summed E-state index contributed by atoms with van der Waals surface area (Å²) in [4.78, 5) is 44.6. The fourth-order valence-electron chi connectivity index (χ4n) is 21.5. The smallest absolute Gasteiger partial charge is 0.335 e. The molecular formula is C76H120O41. The lowest BCUT2D eigenvalue weighted by molar-refractivity contribution is -0.414. The van der Waals surface area contributed by atoms with Crippen LogP contribution in [0.2, 0.25) is 0 Å². The number of aliphatic hydroxyl groups excluding tert-OH is 21. The van der Waals surface area contributed by atoms with E-state index in [0.29, 0.717) is 51.4 Å². The van der Waals surface area contributed by atoms with Crippen LogP contribution in [-0.2, 0) is 90.2 Å². The Morgan fingerprint density at radius 3 is 1.40 bits per heavy atom. The van der Waals surface area contributed by atoms with Crippen LogP contribution in [0.5, 0.6) is 0 Å². The number of allylic oxidation sites excluding steroid dienone is 2. The average molecular weight is 1690 g/mol. The first-order valence-corrected chi connectivity index (χ1v) is 40.4. The number of carbonyl (C=O) groups excluding carboxylic acids is 2. The van der Waals surface area contributed by atoms with Crippen molar-refractivity contribution in [2.45, 2.75) is 359 Å². The zero-order valence-corrected chi connectivity index (χ0v) is 66.1. The Kier molecular flexibility index (Phi) is 27.4. The topological polar surface area (TPSA) is 644 Å². The maximum Gasteiger partial charge on any atom is 0.335 e. The van der Waals surface area contributed by atoms with Crippen LogP contribution in [0, 0.1) is 50.2 Å². The van der Waals surface area contributed by atoms with Gasteiger partial charge in [0, 0.05) is 0 Å². The Bertz CT molecular complexity index is 3440. The van der Waals surface area contributed by atoms with E-state index in [1.54, 1.807) is 6.92 Å². The molecule has 0 bridgehead atoms. The Hall–Kier alpha value is -3.09. The number of carbonyl (C=O) groups is 3. The van der Waals surface area contributed by atoms with Crippen molar-refractivity contribution in [3.05, 3.63) is 11.6 Å². The third-order valence-electron chi connectivity index (χ3n) is 29.0. The molecule has 670 valence electrons. The summed E-state index contributed by atoms with van der Waals surface area (Å²) in [5, 5.41) is 242. The lowest BCUT2D eigenvalue weighted by Gasteiger charge is -2.71. The number of aliphatic hydroxyl groups is 21. The number of aldehydes is 1. The van der Waals surface area contributed by atoms with Crippen LogP contribution in [0.15, 0.2) is 11.6 Å². The minimum Gasteiger partial charge on any atom is -0.479 e. The fourth-order valence-corrected chi connectivity index (χ4v) is 21.5. The maximum atomic E-state index is 15.9. The predicted molar refractivity (Wildman–Crippen MR) is 379 cm³/mol. The van der Waals surface area contributed by atoms with Crippen molar-refractivity contribution in [3.63, 3.8) is 0 Å². The highest BCUT2D eigenvalue weighted by molar-refractivity contribution is 5.79. The summed E-state index contributed by atoms with van der Waals surface area (Å²) in [7, 11) is 0. The summed E-state index contributed by atoms with van der Waals surface area (Å²) < 4.78 is 98.4. The molecule has 4 saturated carbocycles. The molecule has 117 heavy (non-hydrogen) atoms. The normalized spacial score (nSPS) is 54.6. The van der Waals surface area contributed by atoms with Crippen LogP contribution < -0.4 is 0 Å². The summed E-state index contributed by atoms with van der Waals surface area (Å²) in [6, 6.07) is 0. The van der Waals surface area contributed by atoms with Crippen molar-refractivity contribution in [3.8, 4) is 0 Å². The van der Waals surface area contributed by atoms with E-state index < -0.39 is 323 Å². The van der Waals surface area contributed by atoms with E-state index in [2.05, 4.69) is 40.7 Å². The van der Waals surface area contributed by atoms with Gasteiger partial charge in [-0.2, -0.15) is 0 Å². The number of esters is 1. The first-order valence-electron chi connectivity index (χ1n) is 40.4. The zero-order valence-electron chi connectivity index (χ0n) is 66.1. The molecule has 0 aromatic heterocycles. The number of ether oxygens (including phenoxy) is 16. The van der Waals surface area contributed by atoms with Gasteiger partial charge in [-0.1, -0.05) is 53.2 Å². The van der Waals surface area contributed by atoms with Crippen molar-refractivity contribution in [2.24, 2.45) is 50.2 Å². The molecular weight excluding hydrogens is 1570 g/mol. The minimum absolute atomic E-state index is 0.00873.